The lowest BCUT2D eigenvalue weighted by Gasteiger charge is -2.13. The Morgan fingerprint density at radius 1 is 1.14 bits per heavy atom. The molecule has 0 unspecified atom stereocenters. The summed E-state index contributed by atoms with van der Waals surface area (Å²) in [6.07, 6.45) is 1.88. The SMILES string of the molecule is CCCNC(=O)c1cccc(CNC(=NC)NCCCn2nc(C)cc2C)c1. The molecule has 0 saturated carbocycles. The van der Waals surface area contributed by atoms with Crippen LogP contribution in [0.5, 0.6) is 0 Å². The molecule has 0 bridgehead atoms. The Kier molecular flexibility index (Phi) is 8.52. The van der Waals surface area contributed by atoms with E-state index >= 15 is 0 Å². The molecule has 2 rings (SSSR count). The highest BCUT2D eigenvalue weighted by Crippen LogP contribution is 2.05. The third kappa shape index (κ3) is 6.72. The third-order valence-electron chi connectivity index (χ3n) is 4.35. The Morgan fingerprint density at radius 2 is 1.96 bits per heavy atom. The Morgan fingerprint density at radius 3 is 2.64 bits per heavy atom. The summed E-state index contributed by atoms with van der Waals surface area (Å²) >= 11 is 0. The van der Waals surface area contributed by atoms with E-state index in [1.54, 1.807) is 7.05 Å². The highest BCUT2D eigenvalue weighted by molar-refractivity contribution is 5.94. The van der Waals surface area contributed by atoms with Crippen molar-refractivity contribution in [3.8, 4) is 0 Å². The molecule has 0 radical (unpaired) electrons. The van der Waals surface area contributed by atoms with Gasteiger partial charge in [-0.2, -0.15) is 5.10 Å². The fourth-order valence-corrected chi connectivity index (χ4v) is 2.91. The van der Waals surface area contributed by atoms with E-state index in [-0.39, 0.29) is 5.91 Å². The molecule has 0 aliphatic carbocycles. The normalized spacial score (nSPS) is 11.4. The van der Waals surface area contributed by atoms with Crippen LogP contribution in [0.15, 0.2) is 35.3 Å². The fourth-order valence-electron chi connectivity index (χ4n) is 2.91. The molecular weight excluding hydrogens is 352 g/mol. The van der Waals surface area contributed by atoms with Gasteiger partial charge in [-0.15, -0.1) is 0 Å². The first-order valence-electron chi connectivity index (χ1n) is 9.86. The molecule has 1 amide bonds. The van der Waals surface area contributed by atoms with Gasteiger partial charge in [-0.05, 0) is 50.5 Å². The summed E-state index contributed by atoms with van der Waals surface area (Å²) in [7, 11) is 1.75. The molecular formula is C21H32N6O. The number of aromatic nitrogens is 2. The van der Waals surface area contributed by atoms with Crippen molar-refractivity contribution in [2.24, 2.45) is 4.99 Å². The van der Waals surface area contributed by atoms with Gasteiger partial charge in [-0.1, -0.05) is 19.1 Å². The summed E-state index contributed by atoms with van der Waals surface area (Å²) < 4.78 is 2.03. The number of benzene rings is 1. The number of rotatable bonds is 9. The van der Waals surface area contributed by atoms with E-state index in [9.17, 15) is 4.79 Å². The van der Waals surface area contributed by atoms with Gasteiger partial charge in [0.05, 0.1) is 5.69 Å². The lowest BCUT2D eigenvalue weighted by Crippen LogP contribution is -2.37. The molecule has 7 nitrogen and oxygen atoms in total. The van der Waals surface area contributed by atoms with Crippen LogP contribution in [0.2, 0.25) is 0 Å². The number of carbonyl (C=O) groups excluding carboxylic acids is 1. The third-order valence-corrected chi connectivity index (χ3v) is 4.35. The molecule has 28 heavy (non-hydrogen) atoms. The second kappa shape index (κ2) is 11.1. The average Bonchev–Trinajstić information content (AvgIpc) is 3.02. The van der Waals surface area contributed by atoms with Crippen LogP contribution in [-0.2, 0) is 13.1 Å². The van der Waals surface area contributed by atoms with Gasteiger partial charge in [0.25, 0.3) is 5.91 Å². The van der Waals surface area contributed by atoms with Crippen molar-refractivity contribution in [1.82, 2.24) is 25.7 Å². The van der Waals surface area contributed by atoms with E-state index in [4.69, 9.17) is 0 Å². The summed E-state index contributed by atoms with van der Waals surface area (Å²) in [5, 5.41) is 14.0. The molecule has 0 atom stereocenters. The van der Waals surface area contributed by atoms with Gasteiger partial charge in [0, 0.05) is 44.5 Å². The van der Waals surface area contributed by atoms with Crippen molar-refractivity contribution in [1.29, 1.82) is 0 Å². The number of aliphatic imine (C=N–C) groups is 1. The van der Waals surface area contributed by atoms with E-state index in [2.05, 4.69) is 39.0 Å². The van der Waals surface area contributed by atoms with Crippen molar-refractivity contribution in [3.05, 3.63) is 52.8 Å². The van der Waals surface area contributed by atoms with E-state index in [0.29, 0.717) is 18.7 Å². The highest BCUT2D eigenvalue weighted by Gasteiger charge is 2.06. The highest BCUT2D eigenvalue weighted by atomic mass is 16.1. The minimum Gasteiger partial charge on any atom is -0.356 e. The lowest BCUT2D eigenvalue weighted by molar-refractivity contribution is 0.0953. The quantitative estimate of drug-likeness (QED) is 0.352. The first-order valence-corrected chi connectivity index (χ1v) is 9.86. The zero-order chi connectivity index (χ0) is 20.4. The van der Waals surface area contributed by atoms with Crippen LogP contribution < -0.4 is 16.0 Å². The Balaban J connectivity index is 1.77. The van der Waals surface area contributed by atoms with E-state index in [1.165, 1.54) is 5.69 Å². The summed E-state index contributed by atoms with van der Waals surface area (Å²) in [6.45, 7) is 9.09. The molecule has 7 heteroatoms. The Hall–Kier alpha value is -2.83. The first kappa shape index (κ1) is 21.5. The summed E-state index contributed by atoms with van der Waals surface area (Å²) in [5.74, 6) is 0.713. The molecule has 0 fully saturated rings. The van der Waals surface area contributed by atoms with E-state index in [0.717, 1.165) is 43.1 Å². The second-order valence-corrected chi connectivity index (χ2v) is 6.81. The fraction of sp³-hybridized carbons (Fsp3) is 0.476. The Bertz CT molecular complexity index is 796. The number of nitrogens with one attached hydrogen (secondary N) is 3. The number of guanidine groups is 1. The largest absolute Gasteiger partial charge is 0.356 e. The number of hydrogen-bond donors (Lipinski definition) is 3. The molecule has 1 heterocycles. The first-order chi connectivity index (χ1) is 13.5. The van der Waals surface area contributed by atoms with Gasteiger partial charge in [0.1, 0.15) is 0 Å². The maximum absolute atomic E-state index is 12.1. The van der Waals surface area contributed by atoms with Gasteiger partial charge in [-0.25, -0.2) is 0 Å². The Labute approximate surface area is 167 Å². The molecule has 0 aliphatic rings. The summed E-state index contributed by atoms with van der Waals surface area (Å²) in [5.41, 5.74) is 3.95. The molecule has 1 aromatic heterocycles. The van der Waals surface area contributed by atoms with Crippen molar-refractivity contribution in [3.63, 3.8) is 0 Å². The molecule has 152 valence electrons. The van der Waals surface area contributed by atoms with E-state index < -0.39 is 0 Å². The smallest absolute Gasteiger partial charge is 0.251 e. The topological polar surface area (TPSA) is 83.3 Å². The number of carbonyl (C=O) groups is 1. The predicted octanol–water partition coefficient (Wildman–Crippen LogP) is 2.40. The number of hydrogen-bond acceptors (Lipinski definition) is 3. The van der Waals surface area contributed by atoms with Gasteiger partial charge >= 0.3 is 0 Å². The van der Waals surface area contributed by atoms with Crippen LogP contribution in [0.25, 0.3) is 0 Å². The van der Waals surface area contributed by atoms with Gasteiger partial charge < -0.3 is 16.0 Å². The van der Waals surface area contributed by atoms with Crippen LogP contribution in [-0.4, -0.2) is 41.8 Å². The van der Waals surface area contributed by atoms with E-state index in [1.807, 2.05) is 42.8 Å². The molecule has 3 N–H and O–H groups in total. The molecule has 0 spiro atoms. The van der Waals surface area contributed by atoms with Crippen molar-refractivity contribution >= 4 is 11.9 Å². The van der Waals surface area contributed by atoms with Crippen LogP contribution in [0.3, 0.4) is 0 Å². The van der Waals surface area contributed by atoms with Gasteiger partial charge in [0.2, 0.25) is 0 Å². The van der Waals surface area contributed by atoms with Crippen LogP contribution >= 0.6 is 0 Å². The zero-order valence-electron chi connectivity index (χ0n) is 17.4. The number of amides is 1. The minimum absolute atomic E-state index is 0.0321. The van der Waals surface area contributed by atoms with Crippen molar-refractivity contribution < 1.29 is 4.79 Å². The van der Waals surface area contributed by atoms with Crippen LogP contribution in [0, 0.1) is 13.8 Å². The lowest BCUT2D eigenvalue weighted by atomic mass is 10.1. The number of aryl methyl sites for hydroxylation is 3. The second-order valence-electron chi connectivity index (χ2n) is 6.81. The van der Waals surface area contributed by atoms with Gasteiger partial charge in [0.15, 0.2) is 5.96 Å². The number of nitrogens with zero attached hydrogens (tertiary/aromatic N) is 3. The predicted molar refractivity (Wildman–Crippen MR) is 114 cm³/mol. The monoisotopic (exact) mass is 384 g/mol. The average molecular weight is 385 g/mol. The van der Waals surface area contributed by atoms with Crippen molar-refractivity contribution in [2.75, 3.05) is 20.1 Å². The summed E-state index contributed by atoms with van der Waals surface area (Å²) in [6, 6.07) is 9.74. The zero-order valence-corrected chi connectivity index (χ0v) is 17.4. The van der Waals surface area contributed by atoms with Crippen LogP contribution in [0.1, 0.15) is 47.1 Å². The maximum atomic E-state index is 12.1. The molecule has 1 aromatic carbocycles. The minimum atomic E-state index is -0.0321. The molecule has 0 saturated heterocycles. The maximum Gasteiger partial charge on any atom is 0.251 e. The van der Waals surface area contributed by atoms with Gasteiger partial charge in [-0.3, -0.25) is 14.5 Å². The standard InChI is InChI=1S/C21H32N6O/c1-5-10-23-20(28)19-9-6-8-18(14-19)15-25-21(22-4)24-11-7-12-27-17(3)13-16(2)26-27/h6,8-9,13-14H,5,7,10-12,15H2,1-4H3,(H,23,28)(H2,22,24,25). The summed E-state index contributed by atoms with van der Waals surface area (Å²) in [4.78, 5) is 16.4. The van der Waals surface area contributed by atoms with Crippen molar-refractivity contribution in [2.45, 2.75) is 46.7 Å². The molecule has 0 aliphatic heterocycles. The van der Waals surface area contributed by atoms with Crippen LogP contribution in [0.4, 0.5) is 0 Å². The molecule has 2 aromatic rings.